The standard InChI is InChI=1S/C15H15N3O2S/c1-2-18(15-6-4-3-5-14(15)17)21(19,20)13-9-7-12(11-16)8-10-13/h3-10H,2,17H2,1H3. The van der Waals surface area contributed by atoms with Crippen LogP contribution in [0.4, 0.5) is 11.4 Å². The molecule has 0 amide bonds. The van der Waals surface area contributed by atoms with Gasteiger partial charge in [-0.15, -0.1) is 0 Å². The number of nitrogen functional groups attached to an aromatic ring is 1. The van der Waals surface area contributed by atoms with Crippen molar-refractivity contribution in [2.75, 3.05) is 16.6 Å². The van der Waals surface area contributed by atoms with Crippen LogP contribution in [0.25, 0.3) is 0 Å². The molecule has 2 aromatic rings. The minimum Gasteiger partial charge on any atom is -0.397 e. The topological polar surface area (TPSA) is 87.2 Å². The van der Waals surface area contributed by atoms with Gasteiger partial charge in [-0.1, -0.05) is 12.1 Å². The first-order valence-corrected chi connectivity index (χ1v) is 7.82. The van der Waals surface area contributed by atoms with E-state index in [0.717, 1.165) is 0 Å². The lowest BCUT2D eigenvalue weighted by atomic mass is 10.2. The van der Waals surface area contributed by atoms with Crippen molar-refractivity contribution >= 4 is 21.4 Å². The Morgan fingerprint density at radius 3 is 2.29 bits per heavy atom. The average molecular weight is 301 g/mol. The Bertz CT molecular complexity index is 777. The van der Waals surface area contributed by atoms with Crippen LogP contribution >= 0.6 is 0 Å². The predicted molar refractivity (Wildman–Crippen MR) is 82.2 cm³/mol. The number of nitriles is 1. The van der Waals surface area contributed by atoms with Crippen molar-refractivity contribution in [3.05, 3.63) is 54.1 Å². The second kappa shape index (κ2) is 5.85. The molecule has 2 aromatic carbocycles. The summed E-state index contributed by atoms with van der Waals surface area (Å²) in [5.41, 5.74) is 7.13. The van der Waals surface area contributed by atoms with Gasteiger partial charge in [0, 0.05) is 6.54 Å². The first-order chi connectivity index (χ1) is 10.0. The Labute approximate surface area is 124 Å². The highest BCUT2D eigenvalue weighted by Gasteiger charge is 2.24. The minimum absolute atomic E-state index is 0.131. The van der Waals surface area contributed by atoms with Crippen molar-refractivity contribution in [2.24, 2.45) is 0 Å². The largest absolute Gasteiger partial charge is 0.397 e. The van der Waals surface area contributed by atoms with E-state index >= 15 is 0 Å². The fourth-order valence-electron chi connectivity index (χ4n) is 2.01. The maximum Gasteiger partial charge on any atom is 0.264 e. The third kappa shape index (κ3) is 2.83. The summed E-state index contributed by atoms with van der Waals surface area (Å²) in [7, 11) is -3.71. The van der Waals surface area contributed by atoms with Crippen molar-refractivity contribution in [3.8, 4) is 6.07 Å². The van der Waals surface area contributed by atoms with Crippen LogP contribution in [0.3, 0.4) is 0 Å². The fraction of sp³-hybridized carbons (Fsp3) is 0.133. The van der Waals surface area contributed by atoms with Crippen molar-refractivity contribution in [1.29, 1.82) is 5.26 Å². The number of hydrogen-bond donors (Lipinski definition) is 1. The summed E-state index contributed by atoms with van der Waals surface area (Å²) >= 11 is 0. The highest BCUT2D eigenvalue weighted by Crippen LogP contribution is 2.28. The Morgan fingerprint density at radius 2 is 1.76 bits per heavy atom. The van der Waals surface area contributed by atoms with Crippen LogP contribution in [0, 0.1) is 11.3 Å². The van der Waals surface area contributed by atoms with Gasteiger partial charge in [-0.05, 0) is 43.3 Å². The molecule has 6 heteroatoms. The van der Waals surface area contributed by atoms with Crippen molar-refractivity contribution in [1.82, 2.24) is 0 Å². The molecular weight excluding hydrogens is 286 g/mol. The molecule has 0 aromatic heterocycles. The number of rotatable bonds is 4. The van der Waals surface area contributed by atoms with E-state index in [2.05, 4.69) is 0 Å². The zero-order valence-electron chi connectivity index (χ0n) is 11.5. The third-order valence-corrected chi connectivity index (χ3v) is 4.97. The van der Waals surface area contributed by atoms with Crippen LogP contribution in [0.1, 0.15) is 12.5 Å². The molecule has 0 saturated carbocycles. The molecule has 0 aliphatic rings. The van der Waals surface area contributed by atoms with E-state index in [4.69, 9.17) is 11.0 Å². The van der Waals surface area contributed by atoms with Crippen molar-refractivity contribution in [2.45, 2.75) is 11.8 Å². The van der Waals surface area contributed by atoms with Gasteiger partial charge in [0.1, 0.15) is 0 Å². The minimum atomic E-state index is -3.71. The molecule has 0 atom stereocenters. The summed E-state index contributed by atoms with van der Waals surface area (Å²) in [6, 6.07) is 14.6. The van der Waals surface area contributed by atoms with Crippen LogP contribution in [0.2, 0.25) is 0 Å². The summed E-state index contributed by atoms with van der Waals surface area (Å²) < 4.78 is 26.7. The highest BCUT2D eigenvalue weighted by molar-refractivity contribution is 7.92. The number of para-hydroxylation sites is 2. The average Bonchev–Trinajstić information content (AvgIpc) is 2.50. The lowest BCUT2D eigenvalue weighted by Gasteiger charge is -2.24. The number of benzene rings is 2. The van der Waals surface area contributed by atoms with Crippen LogP contribution < -0.4 is 10.0 Å². The molecule has 0 aliphatic carbocycles. The molecule has 0 radical (unpaired) electrons. The highest BCUT2D eigenvalue weighted by atomic mass is 32.2. The second-order valence-electron chi connectivity index (χ2n) is 4.36. The lowest BCUT2D eigenvalue weighted by Crippen LogP contribution is -2.31. The summed E-state index contributed by atoms with van der Waals surface area (Å²) in [5, 5.41) is 8.77. The van der Waals surface area contributed by atoms with Gasteiger partial charge in [0.05, 0.1) is 27.9 Å². The Kier molecular flexibility index (Phi) is 4.15. The second-order valence-corrected chi connectivity index (χ2v) is 6.23. The Hall–Kier alpha value is -2.52. The molecule has 2 rings (SSSR count). The molecule has 2 N–H and O–H groups in total. The van der Waals surface area contributed by atoms with Gasteiger partial charge in [-0.3, -0.25) is 4.31 Å². The molecule has 0 spiro atoms. The quantitative estimate of drug-likeness (QED) is 0.878. The van der Waals surface area contributed by atoms with Gasteiger partial charge >= 0.3 is 0 Å². The molecule has 0 heterocycles. The van der Waals surface area contributed by atoms with Gasteiger partial charge in [0.25, 0.3) is 10.0 Å². The maximum atomic E-state index is 12.7. The molecule has 0 bridgehead atoms. The maximum absolute atomic E-state index is 12.7. The van der Waals surface area contributed by atoms with E-state index in [0.29, 0.717) is 16.9 Å². The molecule has 0 unspecified atom stereocenters. The lowest BCUT2D eigenvalue weighted by molar-refractivity contribution is 0.592. The number of anilines is 2. The van der Waals surface area contributed by atoms with E-state index in [1.54, 1.807) is 31.2 Å². The SMILES string of the molecule is CCN(c1ccccc1N)S(=O)(=O)c1ccc(C#N)cc1. The Balaban J connectivity index is 2.50. The first-order valence-electron chi connectivity index (χ1n) is 6.38. The van der Waals surface area contributed by atoms with Crippen molar-refractivity contribution in [3.63, 3.8) is 0 Å². The van der Waals surface area contributed by atoms with Crippen molar-refractivity contribution < 1.29 is 8.42 Å². The van der Waals surface area contributed by atoms with E-state index in [-0.39, 0.29) is 11.4 Å². The summed E-state index contributed by atoms with van der Waals surface area (Å²) in [6.07, 6.45) is 0. The molecule has 0 aliphatic heterocycles. The summed E-state index contributed by atoms with van der Waals surface area (Å²) in [4.78, 5) is 0.131. The zero-order valence-corrected chi connectivity index (χ0v) is 12.3. The monoisotopic (exact) mass is 301 g/mol. The number of sulfonamides is 1. The van der Waals surface area contributed by atoms with Crippen LogP contribution in [0.15, 0.2) is 53.4 Å². The third-order valence-electron chi connectivity index (χ3n) is 3.06. The van der Waals surface area contributed by atoms with E-state index in [9.17, 15) is 8.42 Å². The molecule has 5 nitrogen and oxygen atoms in total. The number of hydrogen-bond acceptors (Lipinski definition) is 4. The van der Waals surface area contributed by atoms with Gasteiger partial charge in [0.2, 0.25) is 0 Å². The summed E-state index contributed by atoms with van der Waals surface area (Å²) in [5.74, 6) is 0. The zero-order chi connectivity index (χ0) is 15.5. The van der Waals surface area contributed by atoms with Gasteiger partial charge < -0.3 is 5.73 Å². The molecule has 21 heavy (non-hydrogen) atoms. The van der Waals surface area contributed by atoms with Crippen LogP contribution in [-0.2, 0) is 10.0 Å². The Morgan fingerprint density at radius 1 is 1.14 bits per heavy atom. The number of nitrogens with two attached hydrogens (primary N) is 1. The molecule has 0 fully saturated rings. The molecule has 0 saturated heterocycles. The first kappa shape index (κ1) is 14.9. The van der Waals surface area contributed by atoms with E-state index in [1.165, 1.54) is 28.6 Å². The smallest absolute Gasteiger partial charge is 0.264 e. The predicted octanol–water partition coefficient (Wildman–Crippen LogP) is 2.36. The van der Waals surface area contributed by atoms with Gasteiger partial charge in [-0.25, -0.2) is 8.42 Å². The molecule has 108 valence electrons. The van der Waals surface area contributed by atoms with Crippen LogP contribution in [0.5, 0.6) is 0 Å². The normalized spacial score (nSPS) is 10.9. The molecular formula is C15H15N3O2S. The van der Waals surface area contributed by atoms with Gasteiger partial charge in [-0.2, -0.15) is 5.26 Å². The summed E-state index contributed by atoms with van der Waals surface area (Å²) in [6.45, 7) is 2.00. The fourth-order valence-corrected chi connectivity index (χ4v) is 3.51. The van der Waals surface area contributed by atoms with Gasteiger partial charge in [0.15, 0.2) is 0 Å². The van der Waals surface area contributed by atoms with E-state index < -0.39 is 10.0 Å². The number of nitrogens with zero attached hydrogens (tertiary/aromatic N) is 2. The van der Waals surface area contributed by atoms with Crippen LogP contribution in [-0.4, -0.2) is 15.0 Å². The van der Waals surface area contributed by atoms with E-state index in [1.807, 2.05) is 6.07 Å².